The second kappa shape index (κ2) is 7.64. The number of rotatable bonds is 5. The molecule has 0 unspecified atom stereocenters. The Morgan fingerprint density at radius 3 is 2.86 bits per heavy atom. The smallest absolute Gasteiger partial charge is 0.248 e. The van der Waals surface area contributed by atoms with E-state index >= 15 is 0 Å². The zero-order chi connectivity index (χ0) is 15.9. The number of hydrogen-bond donors (Lipinski definition) is 2. The fourth-order valence-corrected chi connectivity index (χ4v) is 2.11. The van der Waals surface area contributed by atoms with E-state index in [0.717, 1.165) is 5.56 Å². The van der Waals surface area contributed by atoms with Gasteiger partial charge in [0.15, 0.2) is 0 Å². The van der Waals surface area contributed by atoms with Gasteiger partial charge in [0.2, 0.25) is 5.91 Å². The number of hydrogen-bond acceptors (Lipinski definition) is 3. The summed E-state index contributed by atoms with van der Waals surface area (Å²) in [7, 11) is 1.56. The maximum absolute atomic E-state index is 11.9. The molecule has 2 aromatic rings. The van der Waals surface area contributed by atoms with Crippen molar-refractivity contribution in [3.05, 3.63) is 64.7 Å². The van der Waals surface area contributed by atoms with Gasteiger partial charge in [0.25, 0.3) is 0 Å². The van der Waals surface area contributed by atoms with Crippen LogP contribution >= 0.6 is 11.6 Å². The van der Waals surface area contributed by atoms with Gasteiger partial charge in [-0.25, -0.2) is 0 Å². The third kappa shape index (κ3) is 4.35. The standard InChI is InChI=1S/C17H16ClNO3/c1-22-16-7-6-14(18)10-13(16)5-8-17(21)19-15-4-2-3-12(9-15)11-20/h2-10,20H,11H2,1H3,(H,19,21)/b8-5+. The van der Waals surface area contributed by atoms with E-state index < -0.39 is 0 Å². The van der Waals surface area contributed by atoms with E-state index in [1.54, 1.807) is 55.7 Å². The largest absolute Gasteiger partial charge is 0.496 e. The number of halogens is 1. The van der Waals surface area contributed by atoms with Crippen molar-refractivity contribution in [3.63, 3.8) is 0 Å². The molecular weight excluding hydrogens is 302 g/mol. The Morgan fingerprint density at radius 2 is 2.14 bits per heavy atom. The van der Waals surface area contributed by atoms with Gasteiger partial charge in [-0.1, -0.05) is 23.7 Å². The number of aliphatic hydroxyl groups excluding tert-OH is 1. The summed E-state index contributed by atoms with van der Waals surface area (Å²) in [5, 5.41) is 12.4. The number of amides is 1. The Hall–Kier alpha value is -2.30. The van der Waals surface area contributed by atoms with E-state index in [-0.39, 0.29) is 12.5 Å². The Bertz CT molecular complexity index is 698. The summed E-state index contributed by atoms with van der Waals surface area (Å²) < 4.78 is 5.21. The minimum atomic E-state index is -0.280. The van der Waals surface area contributed by atoms with Crippen LogP contribution in [0.5, 0.6) is 5.75 Å². The molecule has 4 nitrogen and oxygen atoms in total. The summed E-state index contributed by atoms with van der Waals surface area (Å²) in [4.78, 5) is 11.9. The van der Waals surface area contributed by atoms with Gasteiger partial charge < -0.3 is 15.2 Å². The van der Waals surface area contributed by atoms with Gasteiger partial charge in [-0.3, -0.25) is 4.79 Å². The molecule has 0 atom stereocenters. The number of carbonyl (C=O) groups excluding carboxylic acids is 1. The SMILES string of the molecule is COc1ccc(Cl)cc1/C=C/C(=O)Nc1cccc(CO)c1. The number of carbonyl (C=O) groups is 1. The van der Waals surface area contributed by atoms with Gasteiger partial charge in [0.1, 0.15) is 5.75 Å². The third-order valence-corrected chi connectivity index (χ3v) is 3.22. The Labute approximate surface area is 134 Å². The van der Waals surface area contributed by atoms with Crippen LogP contribution in [0.15, 0.2) is 48.5 Å². The predicted octanol–water partition coefficient (Wildman–Crippen LogP) is 3.49. The molecule has 2 aromatic carbocycles. The van der Waals surface area contributed by atoms with E-state index in [2.05, 4.69) is 5.32 Å². The van der Waals surface area contributed by atoms with Crippen LogP contribution in [0, 0.1) is 0 Å². The highest BCUT2D eigenvalue weighted by atomic mass is 35.5. The van der Waals surface area contributed by atoms with Crippen LogP contribution in [-0.2, 0) is 11.4 Å². The number of aliphatic hydroxyl groups is 1. The Balaban J connectivity index is 2.09. The van der Waals surface area contributed by atoms with Crippen molar-refractivity contribution in [2.24, 2.45) is 0 Å². The van der Waals surface area contributed by atoms with Crippen molar-refractivity contribution < 1.29 is 14.6 Å². The lowest BCUT2D eigenvalue weighted by molar-refractivity contribution is -0.111. The first-order valence-electron chi connectivity index (χ1n) is 6.65. The molecule has 0 aliphatic heterocycles. The van der Waals surface area contributed by atoms with Crippen molar-refractivity contribution in [2.45, 2.75) is 6.61 Å². The molecule has 5 heteroatoms. The number of ether oxygens (including phenoxy) is 1. The quantitative estimate of drug-likeness (QED) is 0.830. The number of nitrogens with one attached hydrogen (secondary N) is 1. The second-order valence-electron chi connectivity index (χ2n) is 4.57. The summed E-state index contributed by atoms with van der Waals surface area (Å²) in [5.74, 6) is 0.354. The lowest BCUT2D eigenvalue weighted by Crippen LogP contribution is -2.07. The molecule has 2 N–H and O–H groups in total. The maximum atomic E-state index is 11.9. The monoisotopic (exact) mass is 317 g/mol. The van der Waals surface area contributed by atoms with Gasteiger partial charge in [-0.15, -0.1) is 0 Å². The molecule has 0 radical (unpaired) electrons. The summed E-state index contributed by atoms with van der Waals surface area (Å²) in [6, 6.07) is 12.2. The molecule has 0 fully saturated rings. The average Bonchev–Trinajstić information content (AvgIpc) is 2.53. The fraction of sp³-hybridized carbons (Fsp3) is 0.118. The van der Waals surface area contributed by atoms with Gasteiger partial charge >= 0.3 is 0 Å². The Kier molecular flexibility index (Phi) is 5.58. The summed E-state index contributed by atoms with van der Waals surface area (Å²) >= 11 is 5.94. The summed E-state index contributed by atoms with van der Waals surface area (Å²) in [6.45, 7) is -0.0702. The first kappa shape index (κ1) is 16.1. The van der Waals surface area contributed by atoms with E-state index in [1.807, 2.05) is 0 Å². The lowest BCUT2D eigenvalue weighted by atomic mass is 10.2. The second-order valence-corrected chi connectivity index (χ2v) is 5.00. The zero-order valence-electron chi connectivity index (χ0n) is 12.0. The fourth-order valence-electron chi connectivity index (χ4n) is 1.93. The van der Waals surface area contributed by atoms with Gasteiger partial charge in [-0.05, 0) is 42.0 Å². The summed E-state index contributed by atoms with van der Waals surface area (Å²) in [5.41, 5.74) is 2.08. The summed E-state index contributed by atoms with van der Waals surface area (Å²) in [6.07, 6.45) is 3.04. The highest BCUT2D eigenvalue weighted by Gasteiger charge is 2.03. The van der Waals surface area contributed by atoms with Crippen LogP contribution in [0.3, 0.4) is 0 Å². The molecule has 0 spiro atoms. The molecule has 22 heavy (non-hydrogen) atoms. The van der Waals surface area contributed by atoms with Crippen LogP contribution in [0.2, 0.25) is 5.02 Å². The first-order chi connectivity index (χ1) is 10.6. The minimum Gasteiger partial charge on any atom is -0.496 e. The number of benzene rings is 2. The molecule has 0 aliphatic carbocycles. The number of methoxy groups -OCH3 is 1. The van der Waals surface area contributed by atoms with Crippen LogP contribution in [0.1, 0.15) is 11.1 Å². The van der Waals surface area contributed by atoms with Crippen LogP contribution in [-0.4, -0.2) is 18.1 Å². The first-order valence-corrected chi connectivity index (χ1v) is 7.02. The predicted molar refractivity (Wildman–Crippen MR) is 88.0 cm³/mol. The number of anilines is 1. The highest BCUT2D eigenvalue weighted by Crippen LogP contribution is 2.23. The normalized spacial score (nSPS) is 10.7. The molecule has 1 amide bonds. The maximum Gasteiger partial charge on any atom is 0.248 e. The van der Waals surface area contributed by atoms with E-state index in [4.69, 9.17) is 21.4 Å². The third-order valence-electron chi connectivity index (χ3n) is 2.98. The average molecular weight is 318 g/mol. The molecule has 0 saturated heterocycles. The zero-order valence-corrected chi connectivity index (χ0v) is 12.8. The molecule has 0 saturated carbocycles. The van der Waals surface area contributed by atoms with Gasteiger partial charge in [-0.2, -0.15) is 0 Å². The van der Waals surface area contributed by atoms with E-state index in [1.165, 1.54) is 6.08 Å². The molecule has 0 aromatic heterocycles. The molecule has 0 bridgehead atoms. The van der Waals surface area contributed by atoms with E-state index in [9.17, 15) is 4.79 Å². The highest BCUT2D eigenvalue weighted by molar-refractivity contribution is 6.30. The molecule has 114 valence electrons. The molecule has 0 aliphatic rings. The lowest BCUT2D eigenvalue weighted by Gasteiger charge is -2.06. The molecule has 0 heterocycles. The van der Waals surface area contributed by atoms with Gasteiger partial charge in [0.05, 0.1) is 13.7 Å². The van der Waals surface area contributed by atoms with Crippen molar-refractivity contribution in [1.82, 2.24) is 0 Å². The minimum absolute atomic E-state index is 0.0702. The van der Waals surface area contributed by atoms with Crippen molar-refractivity contribution in [3.8, 4) is 5.75 Å². The van der Waals surface area contributed by atoms with Gasteiger partial charge in [0, 0.05) is 22.3 Å². The van der Waals surface area contributed by atoms with E-state index in [0.29, 0.717) is 22.0 Å². The van der Waals surface area contributed by atoms with Crippen LogP contribution in [0.4, 0.5) is 5.69 Å². The topological polar surface area (TPSA) is 58.6 Å². The van der Waals surface area contributed by atoms with Crippen LogP contribution in [0.25, 0.3) is 6.08 Å². The molecule has 2 rings (SSSR count). The van der Waals surface area contributed by atoms with Crippen molar-refractivity contribution >= 4 is 29.3 Å². The van der Waals surface area contributed by atoms with Crippen molar-refractivity contribution in [2.75, 3.05) is 12.4 Å². The van der Waals surface area contributed by atoms with Crippen molar-refractivity contribution in [1.29, 1.82) is 0 Å². The molecular formula is C17H16ClNO3. The van der Waals surface area contributed by atoms with Crippen LogP contribution < -0.4 is 10.1 Å². The Morgan fingerprint density at radius 1 is 1.32 bits per heavy atom.